The van der Waals surface area contributed by atoms with E-state index in [9.17, 15) is 18.0 Å². The van der Waals surface area contributed by atoms with Gasteiger partial charge in [0.25, 0.3) is 5.91 Å². The lowest BCUT2D eigenvalue weighted by Crippen LogP contribution is -2.57. The van der Waals surface area contributed by atoms with Gasteiger partial charge in [0.1, 0.15) is 0 Å². The van der Waals surface area contributed by atoms with Crippen LogP contribution in [-0.4, -0.2) is 29.1 Å². The van der Waals surface area contributed by atoms with Crippen LogP contribution in [-0.2, 0) is 16.4 Å². The maximum atomic E-state index is 13.7. The summed E-state index contributed by atoms with van der Waals surface area (Å²) in [6.45, 7) is 8.34. The van der Waals surface area contributed by atoms with E-state index in [-0.39, 0.29) is 5.91 Å². The van der Waals surface area contributed by atoms with Crippen LogP contribution in [0.4, 0.5) is 13.2 Å². The van der Waals surface area contributed by atoms with Crippen molar-refractivity contribution < 1.29 is 18.0 Å². The first-order valence-electron chi connectivity index (χ1n) is 10.1. The van der Waals surface area contributed by atoms with Crippen molar-refractivity contribution in [2.45, 2.75) is 63.8 Å². The van der Waals surface area contributed by atoms with Crippen LogP contribution in [0.1, 0.15) is 51.7 Å². The molecule has 3 aliphatic rings. The summed E-state index contributed by atoms with van der Waals surface area (Å²) in [5.41, 5.74) is 0.278. The van der Waals surface area contributed by atoms with E-state index in [4.69, 9.17) is 0 Å². The number of alkyl halides is 3. The quantitative estimate of drug-likeness (QED) is 0.741. The molecule has 1 aromatic carbocycles. The summed E-state index contributed by atoms with van der Waals surface area (Å²) in [7, 11) is 0. The molecule has 0 saturated heterocycles. The maximum absolute atomic E-state index is 13.7. The van der Waals surface area contributed by atoms with E-state index >= 15 is 0 Å². The minimum absolute atomic E-state index is 0.151. The minimum Gasteiger partial charge on any atom is -0.362 e. The summed E-state index contributed by atoms with van der Waals surface area (Å²) in [4.78, 5) is 15.5. The Balaban J connectivity index is 1.97. The lowest BCUT2D eigenvalue weighted by atomic mass is 9.62. The molecule has 0 fully saturated rings. The van der Waals surface area contributed by atoms with Crippen LogP contribution in [0.5, 0.6) is 0 Å². The van der Waals surface area contributed by atoms with Crippen molar-refractivity contribution in [3.8, 4) is 0 Å². The van der Waals surface area contributed by atoms with Gasteiger partial charge in [-0.25, -0.2) is 0 Å². The van der Waals surface area contributed by atoms with E-state index in [0.717, 1.165) is 11.8 Å². The number of carbonyl (C=O) groups is 1. The number of azo groups is 1. The van der Waals surface area contributed by atoms with Crippen molar-refractivity contribution in [2.24, 2.45) is 10.2 Å². The van der Waals surface area contributed by atoms with Crippen molar-refractivity contribution in [1.82, 2.24) is 10.2 Å². The molecule has 1 amide bonds. The number of rotatable bonds is 2. The van der Waals surface area contributed by atoms with Crippen molar-refractivity contribution in [3.05, 3.63) is 58.4 Å². The highest BCUT2D eigenvalue weighted by atomic mass is 19.4. The molecule has 0 bridgehead atoms. The highest BCUT2D eigenvalue weighted by Gasteiger charge is 2.53. The zero-order valence-corrected chi connectivity index (χ0v) is 17.5. The normalized spacial score (nSPS) is 26.4. The first-order chi connectivity index (χ1) is 14.0. The number of benzene rings is 1. The van der Waals surface area contributed by atoms with Gasteiger partial charge in [-0.1, -0.05) is 25.1 Å². The van der Waals surface area contributed by atoms with Crippen LogP contribution < -0.4 is 5.32 Å². The van der Waals surface area contributed by atoms with E-state index in [1.54, 1.807) is 17.2 Å². The van der Waals surface area contributed by atoms with Crippen molar-refractivity contribution in [1.29, 1.82) is 0 Å². The van der Waals surface area contributed by atoms with E-state index in [1.165, 1.54) is 12.1 Å². The molecule has 1 aromatic rings. The summed E-state index contributed by atoms with van der Waals surface area (Å²) < 4.78 is 40.5. The predicted molar refractivity (Wildman–Crippen MR) is 106 cm³/mol. The summed E-state index contributed by atoms with van der Waals surface area (Å²) >= 11 is 0. The number of nitrogens with one attached hydrogen (secondary N) is 1. The standard InChI is InChI=1S/C22H25F3N4O/c1-5-21(13-7-6-8-14(11-13)22(23,24)25)15-12-26-28-18(15)27-16-9-10-29(20(2,3)4)19(30)17(16)21/h6-8,11-12,18,27H,5,9-10H2,1-4H3/t18?,21-/m1/s1. The fourth-order valence-corrected chi connectivity index (χ4v) is 4.85. The van der Waals surface area contributed by atoms with E-state index in [0.29, 0.717) is 36.1 Å². The Hall–Kier alpha value is -2.64. The molecule has 0 aromatic heterocycles. The van der Waals surface area contributed by atoms with Gasteiger partial charge in [0.15, 0.2) is 6.17 Å². The van der Waals surface area contributed by atoms with Gasteiger partial charge in [-0.3, -0.25) is 4.79 Å². The molecule has 4 rings (SSSR count). The smallest absolute Gasteiger partial charge is 0.362 e. The van der Waals surface area contributed by atoms with Crippen LogP contribution >= 0.6 is 0 Å². The minimum atomic E-state index is -4.47. The number of hydrogen-bond donors (Lipinski definition) is 1. The Bertz CT molecular complexity index is 987. The highest BCUT2D eigenvalue weighted by molar-refractivity contribution is 5.99. The average Bonchev–Trinajstić information content (AvgIpc) is 3.13. The molecule has 0 saturated carbocycles. The molecule has 0 aliphatic carbocycles. The van der Waals surface area contributed by atoms with E-state index < -0.39 is 28.9 Å². The third kappa shape index (κ3) is 2.96. The molecule has 30 heavy (non-hydrogen) atoms. The van der Waals surface area contributed by atoms with Crippen LogP contribution in [0.25, 0.3) is 0 Å². The topological polar surface area (TPSA) is 57.1 Å². The van der Waals surface area contributed by atoms with Crippen LogP contribution in [0, 0.1) is 0 Å². The molecule has 0 spiro atoms. The third-order valence-electron chi connectivity index (χ3n) is 6.27. The zero-order valence-electron chi connectivity index (χ0n) is 17.5. The fraction of sp³-hybridized carbons (Fsp3) is 0.500. The SMILES string of the molecule is CC[C@@]1(c2cccc(C(F)(F)F)c2)C2=CN=NC2NC2=C1C(=O)N(C(C)(C)C)CC2. The number of hydrogen-bond acceptors (Lipinski definition) is 4. The maximum Gasteiger partial charge on any atom is 0.416 e. The molecule has 2 atom stereocenters. The van der Waals surface area contributed by atoms with Crippen molar-refractivity contribution in [3.63, 3.8) is 0 Å². The predicted octanol–water partition coefficient (Wildman–Crippen LogP) is 4.92. The highest BCUT2D eigenvalue weighted by Crippen LogP contribution is 2.52. The monoisotopic (exact) mass is 418 g/mol. The fourth-order valence-electron chi connectivity index (χ4n) is 4.85. The largest absolute Gasteiger partial charge is 0.416 e. The van der Waals surface area contributed by atoms with E-state index in [1.807, 2.05) is 27.7 Å². The molecule has 3 heterocycles. The number of carbonyl (C=O) groups excluding carboxylic acids is 1. The van der Waals surface area contributed by atoms with Crippen molar-refractivity contribution >= 4 is 5.91 Å². The Morgan fingerprint density at radius 2 is 2.00 bits per heavy atom. The van der Waals surface area contributed by atoms with Crippen molar-refractivity contribution in [2.75, 3.05) is 6.54 Å². The van der Waals surface area contributed by atoms with Gasteiger partial charge in [-0.05, 0) is 38.8 Å². The molecule has 3 aliphatic heterocycles. The Morgan fingerprint density at radius 1 is 1.27 bits per heavy atom. The molecule has 1 N–H and O–H groups in total. The Kier molecular flexibility index (Phi) is 4.60. The number of fused-ring (bicyclic) bond motifs is 1. The summed E-state index contributed by atoms with van der Waals surface area (Å²) in [5, 5.41) is 11.6. The Labute approximate surface area is 173 Å². The number of nitrogens with zero attached hydrogens (tertiary/aromatic N) is 3. The molecule has 160 valence electrons. The first kappa shape index (κ1) is 20.6. The molecule has 0 radical (unpaired) electrons. The zero-order chi connectivity index (χ0) is 21.9. The van der Waals surface area contributed by atoms with Gasteiger partial charge >= 0.3 is 6.18 Å². The lowest BCUT2D eigenvalue weighted by Gasteiger charge is -2.49. The van der Waals surface area contributed by atoms with Crippen LogP contribution in [0.3, 0.4) is 0 Å². The second-order valence-electron chi connectivity index (χ2n) is 8.93. The molecule has 5 nitrogen and oxygen atoms in total. The van der Waals surface area contributed by atoms with Crippen LogP contribution in [0.2, 0.25) is 0 Å². The van der Waals surface area contributed by atoms with Gasteiger partial charge in [-0.2, -0.15) is 23.4 Å². The first-order valence-corrected chi connectivity index (χ1v) is 10.1. The summed E-state index contributed by atoms with van der Waals surface area (Å²) in [5.74, 6) is -0.151. The second-order valence-corrected chi connectivity index (χ2v) is 8.93. The van der Waals surface area contributed by atoms with Crippen LogP contribution in [0.15, 0.2) is 57.5 Å². The Morgan fingerprint density at radius 3 is 2.63 bits per heavy atom. The number of halogens is 3. The van der Waals surface area contributed by atoms with E-state index in [2.05, 4.69) is 15.5 Å². The van der Waals surface area contributed by atoms with Gasteiger partial charge in [0, 0.05) is 29.8 Å². The van der Waals surface area contributed by atoms with Gasteiger partial charge < -0.3 is 10.2 Å². The average molecular weight is 418 g/mol. The summed E-state index contributed by atoms with van der Waals surface area (Å²) in [6.07, 6.45) is -2.33. The van der Waals surface area contributed by atoms with Gasteiger partial charge in [0.05, 0.1) is 22.8 Å². The van der Waals surface area contributed by atoms with Gasteiger partial charge in [-0.15, -0.1) is 0 Å². The lowest BCUT2D eigenvalue weighted by molar-refractivity contribution is -0.137. The molecule has 8 heteroatoms. The van der Waals surface area contributed by atoms with Gasteiger partial charge in [0.2, 0.25) is 0 Å². The summed E-state index contributed by atoms with van der Waals surface area (Å²) in [6, 6.07) is 5.31. The second kappa shape index (κ2) is 6.68. The third-order valence-corrected chi connectivity index (χ3v) is 6.27. The molecular formula is C22H25F3N4O. The number of amides is 1. The molecular weight excluding hydrogens is 393 g/mol. The molecule has 1 unspecified atom stereocenters.